The zero-order valence-corrected chi connectivity index (χ0v) is 10.8. The van der Waals surface area contributed by atoms with Crippen molar-refractivity contribution in [1.82, 2.24) is 4.98 Å². The van der Waals surface area contributed by atoms with Crippen LogP contribution in [0.4, 0.5) is 5.69 Å². The van der Waals surface area contributed by atoms with E-state index in [0.29, 0.717) is 5.39 Å². The number of fused-ring (bicyclic) bond motifs is 5. The van der Waals surface area contributed by atoms with Gasteiger partial charge in [-0.25, -0.2) is 0 Å². The van der Waals surface area contributed by atoms with Crippen molar-refractivity contribution >= 4 is 38.3 Å². The smallest absolute Gasteiger partial charge is 0.311 e. The van der Waals surface area contributed by atoms with E-state index in [-0.39, 0.29) is 11.4 Å². The number of nitrogens with zero attached hydrogens (tertiary/aromatic N) is 1. The minimum absolute atomic E-state index is 0.278. The van der Waals surface area contributed by atoms with Gasteiger partial charge in [0.05, 0.1) is 4.92 Å². The van der Waals surface area contributed by atoms with Crippen molar-refractivity contribution in [3.05, 3.63) is 58.6 Å². The molecule has 3 aromatic carbocycles. The highest BCUT2D eigenvalue weighted by molar-refractivity contribution is 6.22. The highest BCUT2D eigenvalue weighted by Gasteiger charge is 2.19. The average molecular weight is 278 g/mol. The van der Waals surface area contributed by atoms with Crippen LogP contribution in [-0.2, 0) is 0 Å². The lowest BCUT2D eigenvalue weighted by Crippen LogP contribution is -1.89. The summed E-state index contributed by atoms with van der Waals surface area (Å²) in [6.45, 7) is 0. The summed E-state index contributed by atoms with van der Waals surface area (Å²) < 4.78 is 0. The Labute approximate surface area is 118 Å². The predicted molar refractivity (Wildman–Crippen MR) is 81.6 cm³/mol. The second-order valence-electron chi connectivity index (χ2n) is 4.95. The van der Waals surface area contributed by atoms with Crippen molar-refractivity contribution in [3.8, 4) is 5.75 Å². The molecular formula is C16H10N2O3. The first-order valence-electron chi connectivity index (χ1n) is 6.46. The van der Waals surface area contributed by atoms with Gasteiger partial charge in [-0.05, 0) is 23.6 Å². The Bertz CT molecular complexity index is 1030. The summed E-state index contributed by atoms with van der Waals surface area (Å²) in [5.74, 6) is -0.284. The van der Waals surface area contributed by atoms with Gasteiger partial charge in [0.1, 0.15) is 0 Å². The third kappa shape index (κ3) is 1.51. The van der Waals surface area contributed by atoms with Crippen LogP contribution >= 0.6 is 0 Å². The molecule has 1 aromatic heterocycles. The molecule has 4 rings (SSSR count). The third-order valence-corrected chi connectivity index (χ3v) is 3.80. The fraction of sp³-hybridized carbons (Fsp3) is 0. The molecule has 0 bridgehead atoms. The maximum Gasteiger partial charge on any atom is 0.311 e. The van der Waals surface area contributed by atoms with E-state index in [1.807, 2.05) is 36.4 Å². The van der Waals surface area contributed by atoms with Gasteiger partial charge in [0, 0.05) is 33.3 Å². The largest absolute Gasteiger partial charge is 0.502 e. The van der Waals surface area contributed by atoms with Crippen LogP contribution in [0.15, 0.2) is 48.5 Å². The first-order valence-corrected chi connectivity index (χ1v) is 6.46. The Balaban J connectivity index is 2.31. The molecule has 0 saturated heterocycles. The predicted octanol–water partition coefficient (Wildman–Crippen LogP) is 4.09. The number of aromatic hydroxyl groups is 1. The summed E-state index contributed by atoms with van der Waals surface area (Å²) in [5.41, 5.74) is 1.51. The summed E-state index contributed by atoms with van der Waals surface area (Å²) in [5, 5.41) is 24.4. The molecule has 0 unspecified atom stereocenters. The van der Waals surface area contributed by atoms with E-state index in [9.17, 15) is 15.2 Å². The van der Waals surface area contributed by atoms with Gasteiger partial charge in [-0.1, -0.05) is 24.3 Å². The molecule has 0 aliphatic carbocycles. The van der Waals surface area contributed by atoms with Crippen molar-refractivity contribution in [3.63, 3.8) is 0 Å². The Morgan fingerprint density at radius 3 is 2.52 bits per heavy atom. The maximum atomic E-state index is 11.0. The van der Waals surface area contributed by atoms with Gasteiger partial charge < -0.3 is 10.1 Å². The van der Waals surface area contributed by atoms with E-state index < -0.39 is 4.92 Å². The number of phenols is 1. The molecular weight excluding hydrogens is 268 g/mol. The number of benzene rings is 3. The number of hydrogen-bond donors (Lipinski definition) is 2. The molecule has 4 aromatic rings. The molecule has 0 fully saturated rings. The topological polar surface area (TPSA) is 79.2 Å². The lowest BCUT2D eigenvalue weighted by molar-refractivity contribution is -0.385. The number of aromatic amines is 1. The van der Waals surface area contributed by atoms with E-state index >= 15 is 0 Å². The number of phenolic OH excluding ortho intramolecular Hbond substituents is 1. The monoisotopic (exact) mass is 278 g/mol. The van der Waals surface area contributed by atoms with Crippen LogP contribution < -0.4 is 0 Å². The summed E-state index contributed by atoms with van der Waals surface area (Å²) in [7, 11) is 0. The molecule has 0 saturated carbocycles. The molecule has 5 nitrogen and oxygen atoms in total. The first-order chi connectivity index (χ1) is 10.2. The van der Waals surface area contributed by atoms with Gasteiger partial charge in [0.25, 0.3) is 0 Å². The van der Waals surface area contributed by atoms with Gasteiger partial charge in [-0.2, -0.15) is 0 Å². The number of hydrogen-bond acceptors (Lipinski definition) is 3. The Kier molecular flexibility index (Phi) is 2.21. The average Bonchev–Trinajstić information content (AvgIpc) is 2.85. The molecule has 5 heteroatoms. The molecule has 102 valence electrons. The van der Waals surface area contributed by atoms with Crippen molar-refractivity contribution in [2.75, 3.05) is 0 Å². The van der Waals surface area contributed by atoms with Crippen LogP contribution in [0.25, 0.3) is 32.6 Å². The van der Waals surface area contributed by atoms with E-state index in [2.05, 4.69) is 4.98 Å². The highest BCUT2D eigenvalue weighted by atomic mass is 16.6. The number of rotatable bonds is 1. The van der Waals surface area contributed by atoms with Crippen LogP contribution in [0, 0.1) is 10.1 Å². The van der Waals surface area contributed by atoms with E-state index in [4.69, 9.17) is 0 Å². The molecule has 0 radical (unpaired) electrons. The summed E-state index contributed by atoms with van der Waals surface area (Å²) in [4.78, 5) is 13.7. The number of para-hydroxylation sites is 1. The van der Waals surface area contributed by atoms with Crippen LogP contribution in [0.5, 0.6) is 5.75 Å². The van der Waals surface area contributed by atoms with Gasteiger partial charge in [-0.3, -0.25) is 10.1 Å². The second kappa shape index (κ2) is 3.96. The summed E-state index contributed by atoms with van der Waals surface area (Å²) in [6, 6.07) is 14.5. The van der Waals surface area contributed by atoms with Gasteiger partial charge in [0.15, 0.2) is 0 Å². The fourth-order valence-corrected chi connectivity index (χ4v) is 2.87. The van der Waals surface area contributed by atoms with Crippen LogP contribution in [0.3, 0.4) is 0 Å². The number of aromatic nitrogens is 1. The normalized spacial score (nSPS) is 11.4. The molecule has 0 atom stereocenters. The number of nitro groups is 1. The maximum absolute atomic E-state index is 11.0. The minimum atomic E-state index is -0.567. The Hall–Kier alpha value is -3.08. The summed E-state index contributed by atoms with van der Waals surface area (Å²) in [6.07, 6.45) is 0. The Morgan fingerprint density at radius 2 is 1.71 bits per heavy atom. The van der Waals surface area contributed by atoms with Crippen LogP contribution in [-0.4, -0.2) is 15.0 Å². The van der Waals surface area contributed by atoms with Gasteiger partial charge >= 0.3 is 5.69 Å². The molecule has 1 heterocycles. The molecule has 21 heavy (non-hydrogen) atoms. The quantitative estimate of drug-likeness (QED) is 0.406. The van der Waals surface area contributed by atoms with Gasteiger partial charge in [0.2, 0.25) is 5.75 Å². The third-order valence-electron chi connectivity index (χ3n) is 3.80. The van der Waals surface area contributed by atoms with Crippen molar-refractivity contribution < 1.29 is 10.0 Å². The number of nitrogens with one attached hydrogen (secondary N) is 1. The summed E-state index contributed by atoms with van der Waals surface area (Å²) >= 11 is 0. The van der Waals surface area contributed by atoms with Crippen LogP contribution in [0.2, 0.25) is 0 Å². The van der Waals surface area contributed by atoms with Crippen molar-refractivity contribution in [2.24, 2.45) is 0 Å². The second-order valence-corrected chi connectivity index (χ2v) is 4.95. The molecule has 2 N–H and O–H groups in total. The van der Waals surface area contributed by atoms with Crippen molar-refractivity contribution in [1.29, 1.82) is 0 Å². The standard InChI is InChI=1S/C16H10N2O3/c19-16-13(18(20)21)8-6-9-5-7-12-15(14(9)16)10-3-1-2-4-11(10)17-12/h1-8,17,19H. The fourth-order valence-electron chi connectivity index (χ4n) is 2.87. The number of H-pyrrole nitrogens is 1. The number of nitro benzene ring substituents is 1. The lowest BCUT2D eigenvalue weighted by atomic mass is 10.0. The zero-order valence-electron chi connectivity index (χ0n) is 10.8. The van der Waals surface area contributed by atoms with Gasteiger partial charge in [-0.15, -0.1) is 0 Å². The molecule has 0 aliphatic rings. The van der Waals surface area contributed by atoms with Crippen LogP contribution in [0.1, 0.15) is 0 Å². The first kappa shape index (κ1) is 11.7. The van der Waals surface area contributed by atoms with E-state index in [0.717, 1.165) is 27.2 Å². The molecule has 0 aliphatic heterocycles. The van der Waals surface area contributed by atoms with E-state index in [1.54, 1.807) is 6.07 Å². The SMILES string of the molecule is O=[N+]([O-])c1ccc2ccc3[nH]c4ccccc4c3c2c1O. The molecule has 0 spiro atoms. The molecule has 0 amide bonds. The highest BCUT2D eigenvalue weighted by Crippen LogP contribution is 2.41. The minimum Gasteiger partial charge on any atom is -0.502 e. The Morgan fingerprint density at radius 1 is 0.952 bits per heavy atom. The zero-order chi connectivity index (χ0) is 14.6. The lowest BCUT2D eigenvalue weighted by Gasteiger charge is -2.04. The van der Waals surface area contributed by atoms with Crippen molar-refractivity contribution in [2.45, 2.75) is 0 Å². The van der Waals surface area contributed by atoms with E-state index in [1.165, 1.54) is 6.07 Å².